The Hall–Kier alpha value is -1.39. The zero-order valence-electron chi connectivity index (χ0n) is 8.52. The monoisotopic (exact) mass is 205 g/mol. The molecule has 2 heterocycles. The second kappa shape index (κ2) is 4.91. The van der Waals surface area contributed by atoms with Crippen LogP contribution in [0.1, 0.15) is 12.0 Å². The van der Waals surface area contributed by atoms with Crippen molar-refractivity contribution in [1.82, 2.24) is 10.4 Å². The van der Waals surface area contributed by atoms with Crippen molar-refractivity contribution < 1.29 is 4.74 Å². The van der Waals surface area contributed by atoms with Gasteiger partial charge in [-0.3, -0.25) is 10.8 Å². The Kier molecular flexibility index (Phi) is 3.32. The van der Waals surface area contributed by atoms with Gasteiger partial charge in [0.15, 0.2) is 0 Å². The smallest absolute Gasteiger partial charge is 0.111 e. The third kappa shape index (κ3) is 2.55. The van der Waals surface area contributed by atoms with Crippen LogP contribution in [0.25, 0.3) is 0 Å². The maximum atomic E-state index is 5.51. The van der Waals surface area contributed by atoms with Crippen LogP contribution in [-0.2, 0) is 11.2 Å². The number of nitrogens with zero attached hydrogens (tertiary/aromatic N) is 1. The number of rotatable bonds is 4. The molecule has 0 aromatic carbocycles. The van der Waals surface area contributed by atoms with Crippen molar-refractivity contribution in [1.29, 1.82) is 0 Å². The summed E-state index contributed by atoms with van der Waals surface area (Å²) in [4.78, 5) is 3.98. The molecule has 0 bridgehead atoms. The summed E-state index contributed by atoms with van der Waals surface area (Å²) < 4.78 is 5.48. The third-order valence-corrected chi connectivity index (χ3v) is 2.47. The molecule has 1 atom stereocenters. The zero-order chi connectivity index (χ0) is 10.5. The molecule has 0 saturated heterocycles. The average Bonchev–Trinajstić information content (AvgIpc) is 2.81. The molecule has 15 heavy (non-hydrogen) atoms. The van der Waals surface area contributed by atoms with Gasteiger partial charge in [-0.25, -0.2) is 5.43 Å². The molecule has 1 aromatic rings. The molecule has 3 N–H and O–H groups in total. The van der Waals surface area contributed by atoms with Crippen LogP contribution in [0.3, 0.4) is 0 Å². The molecule has 0 saturated carbocycles. The lowest BCUT2D eigenvalue weighted by atomic mass is 10.1. The number of pyridine rings is 1. The van der Waals surface area contributed by atoms with Gasteiger partial charge in [0.2, 0.25) is 0 Å². The summed E-state index contributed by atoms with van der Waals surface area (Å²) in [7, 11) is 0. The molecule has 0 fully saturated rings. The van der Waals surface area contributed by atoms with E-state index in [2.05, 4.69) is 16.5 Å². The van der Waals surface area contributed by atoms with Gasteiger partial charge in [-0.15, -0.1) is 0 Å². The van der Waals surface area contributed by atoms with Gasteiger partial charge in [0, 0.05) is 18.8 Å². The van der Waals surface area contributed by atoms with Gasteiger partial charge in [0.25, 0.3) is 0 Å². The number of hydrogen-bond acceptors (Lipinski definition) is 4. The van der Waals surface area contributed by atoms with Crippen molar-refractivity contribution in [3.8, 4) is 0 Å². The van der Waals surface area contributed by atoms with Gasteiger partial charge in [0.1, 0.15) is 5.76 Å². The first-order valence-corrected chi connectivity index (χ1v) is 5.08. The first-order chi connectivity index (χ1) is 7.40. The van der Waals surface area contributed by atoms with Gasteiger partial charge in [-0.05, 0) is 30.2 Å². The van der Waals surface area contributed by atoms with Gasteiger partial charge in [-0.2, -0.15) is 0 Å². The van der Waals surface area contributed by atoms with E-state index < -0.39 is 0 Å². The second-order valence-corrected chi connectivity index (χ2v) is 3.52. The molecule has 0 spiro atoms. The van der Waals surface area contributed by atoms with Gasteiger partial charge >= 0.3 is 0 Å². The van der Waals surface area contributed by atoms with E-state index in [9.17, 15) is 0 Å². The maximum absolute atomic E-state index is 5.51. The van der Waals surface area contributed by atoms with E-state index in [1.165, 1.54) is 5.56 Å². The van der Waals surface area contributed by atoms with Crippen LogP contribution in [0.2, 0.25) is 0 Å². The highest BCUT2D eigenvalue weighted by Crippen LogP contribution is 2.16. The fourth-order valence-electron chi connectivity index (χ4n) is 1.68. The van der Waals surface area contributed by atoms with Crippen molar-refractivity contribution in [3.05, 3.63) is 41.9 Å². The minimum atomic E-state index is 0.0647. The summed E-state index contributed by atoms with van der Waals surface area (Å²) >= 11 is 0. The molecule has 0 aliphatic carbocycles. The van der Waals surface area contributed by atoms with Crippen LogP contribution in [0.5, 0.6) is 0 Å². The lowest BCUT2D eigenvalue weighted by Gasteiger charge is -2.16. The van der Waals surface area contributed by atoms with Crippen molar-refractivity contribution in [2.24, 2.45) is 5.84 Å². The topological polar surface area (TPSA) is 60.2 Å². The standard InChI is InChI=1S/C11H15N3O/c12-14-10(11-2-1-7-15-11)8-9-3-5-13-6-4-9/h2-6,10,14H,1,7-8,12H2. The van der Waals surface area contributed by atoms with E-state index in [0.717, 1.165) is 25.2 Å². The molecule has 4 heteroatoms. The molecule has 4 nitrogen and oxygen atoms in total. The van der Waals surface area contributed by atoms with E-state index in [4.69, 9.17) is 10.6 Å². The summed E-state index contributed by atoms with van der Waals surface area (Å²) in [6.07, 6.45) is 7.46. The van der Waals surface area contributed by atoms with E-state index >= 15 is 0 Å². The largest absolute Gasteiger partial charge is 0.496 e. The summed E-state index contributed by atoms with van der Waals surface area (Å²) in [6, 6.07) is 4.04. The lowest BCUT2D eigenvalue weighted by molar-refractivity contribution is 0.214. The van der Waals surface area contributed by atoms with Crippen LogP contribution < -0.4 is 11.3 Å². The minimum absolute atomic E-state index is 0.0647. The summed E-state index contributed by atoms with van der Waals surface area (Å²) in [6.45, 7) is 0.768. The number of aromatic nitrogens is 1. The van der Waals surface area contributed by atoms with Crippen LogP contribution in [0.15, 0.2) is 36.4 Å². The van der Waals surface area contributed by atoms with E-state index in [-0.39, 0.29) is 6.04 Å². The van der Waals surface area contributed by atoms with E-state index in [0.29, 0.717) is 0 Å². The highest BCUT2D eigenvalue weighted by Gasteiger charge is 2.17. The van der Waals surface area contributed by atoms with Crippen molar-refractivity contribution in [2.45, 2.75) is 18.9 Å². The number of nitrogens with one attached hydrogen (secondary N) is 1. The number of hydrazine groups is 1. The van der Waals surface area contributed by atoms with Gasteiger partial charge in [0.05, 0.1) is 12.6 Å². The van der Waals surface area contributed by atoms with Crippen LogP contribution in [0, 0.1) is 0 Å². The first kappa shape index (κ1) is 10.1. The second-order valence-electron chi connectivity index (χ2n) is 3.52. The summed E-state index contributed by atoms with van der Waals surface area (Å²) in [5, 5.41) is 0. The van der Waals surface area contributed by atoms with Crippen molar-refractivity contribution in [2.75, 3.05) is 6.61 Å². The van der Waals surface area contributed by atoms with E-state index in [1.54, 1.807) is 12.4 Å². The minimum Gasteiger partial charge on any atom is -0.496 e. The van der Waals surface area contributed by atoms with Gasteiger partial charge < -0.3 is 4.74 Å². The predicted octanol–water partition coefficient (Wildman–Crippen LogP) is 0.760. The quantitative estimate of drug-likeness (QED) is 0.563. The van der Waals surface area contributed by atoms with Crippen LogP contribution >= 0.6 is 0 Å². The Labute approximate surface area is 89.1 Å². The summed E-state index contributed by atoms with van der Waals surface area (Å²) in [5.74, 6) is 6.47. The molecular weight excluding hydrogens is 190 g/mol. The number of ether oxygens (including phenoxy) is 1. The molecule has 1 aliphatic heterocycles. The Morgan fingerprint density at radius 3 is 2.87 bits per heavy atom. The molecule has 0 radical (unpaired) electrons. The van der Waals surface area contributed by atoms with Crippen molar-refractivity contribution >= 4 is 0 Å². The van der Waals surface area contributed by atoms with E-state index in [1.807, 2.05) is 12.1 Å². The third-order valence-electron chi connectivity index (χ3n) is 2.47. The predicted molar refractivity (Wildman–Crippen MR) is 57.7 cm³/mol. The highest BCUT2D eigenvalue weighted by atomic mass is 16.5. The number of hydrogen-bond donors (Lipinski definition) is 2. The average molecular weight is 205 g/mol. The SMILES string of the molecule is NNC(Cc1ccncc1)C1=CCCO1. The fraction of sp³-hybridized carbons (Fsp3) is 0.364. The molecule has 1 unspecified atom stereocenters. The molecule has 80 valence electrons. The maximum Gasteiger partial charge on any atom is 0.111 e. The fourth-order valence-corrected chi connectivity index (χ4v) is 1.68. The summed E-state index contributed by atoms with van der Waals surface area (Å²) in [5.41, 5.74) is 3.98. The number of nitrogens with two attached hydrogens (primary N) is 1. The Morgan fingerprint density at radius 1 is 1.47 bits per heavy atom. The highest BCUT2D eigenvalue weighted by molar-refractivity contribution is 5.17. The Morgan fingerprint density at radius 2 is 2.27 bits per heavy atom. The zero-order valence-corrected chi connectivity index (χ0v) is 8.52. The molecule has 1 aliphatic rings. The molecule has 0 amide bonds. The molecular formula is C11H15N3O. The molecule has 2 rings (SSSR count). The normalized spacial score (nSPS) is 17.0. The van der Waals surface area contributed by atoms with Crippen molar-refractivity contribution in [3.63, 3.8) is 0 Å². The first-order valence-electron chi connectivity index (χ1n) is 5.08. The van der Waals surface area contributed by atoms with Crippen LogP contribution in [0.4, 0.5) is 0 Å². The van der Waals surface area contributed by atoms with Crippen LogP contribution in [-0.4, -0.2) is 17.6 Å². The Balaban J connectivity index is 2.02. The Bertz CT molecular complexity index is 337. The molecule has 1 aromatic heterocycles. The van der Waals surface area contributed by atoms with Gasteiger partial charge in [-0.1, -0.05) is 0 Å². The lowest BCUT2D eigenvalue weighted by Crippen LogP contribution is -2.38.